The van der Waals surface area contributed by atoms with Gasteiger partial charge in [0.05, 0.1) is 13.2 Å². The second-order valence-electron chi connectivity index (χ2n) is 5.12. The van der Waals surface area contributed by atoms with Crippen LogP contribution in [0, 0.1) is 0 Å². The Labute approximate surface area is 111 Å². The number of nitrogens with zero attached hydrogens (tertiary/aromatic N) is 1. The van der Waals surface area contributed by atoms with E-state index in [1.165, 1.54) is 12.8 Å². The molecule has 0 spiro atoms. The van der Waals surface area contributed by atoms with Crippen molar-refractivity contribution in [2.75, 3.05) is 33.4 Å². The van der Waals surface area contributed by atoms with Gasteiger partial charge in [0.2, 0.25) is 5.91 Å². The van der Waals surface area contributed by atoms with E-state index in [-0.39, 0.29) is 5.91 Å². The largest absolute Gasteiger partial charge is 0.383 e. The second kappa shape index (κ2) is 9.34. The minimum absolute atomic E-state index is 0.245. The van der Waals surface area contributed by atoms with Crippen LogP contribution in [0.5, 0.6) is 0 Å². The van der Waals surface area contributed by atoms with Crippen LogP contribution in [-0.4, -0.2) is 50.2 Å². The molecule has 1 aliphatic heterocycles. The lowest BCUT2D eigenvalue weighted by atomic mass is 10.2. The Morgan fingerprint density at radius 2 is 1.94 bits per heavy atom. The predicted molar refractivity (Wildman–Crippen MR) is 73.6 cm³/mol. The van der Waals surface area contributed by atoms with Crippen molar-refractivity contribution >= 4 is 5.91 Å². The van der Waals surface area contributed by atoms with Crippen LogP contribution in [0.4, 0.5) is 0 Å². The fourth-order valence-corrected chi connectivity index (χ4v) is 2.46. The fraction of sp³-hybridized carbons (Fsp3) is 0.929. The SMILES string of the molecule is CCCC(COC)NCC(=O)N1CCCCCC1. The zero-order chi connectivity index (χ0) is 13.2. The first-order chi connectivity index (χ1) is 8.77. The zero-order valence-electron chi connectivity index (χ0n) is 11.9. The summed E-state index contributed by atoms with van der Waals surface area (Å²) in [5.41, 5.74) is 0. The van der Waals surface area contributed by atoms with Crippen molar-refractivity contribution in [3.63, 3.8) is 0 Å². The van der Waals surface area contributed by atoms with E-state index in [0.29, 0.717) is 19.2 Å². The Balaban J connectivity index is 2.28. The Bertz CT molecular complexity index is 220. The highest BCUT2D eigenvalue weighted by Crippen LogP contribution is 2.09. The molecule has 4 heteroatoms. The van der Waals surface area contributed by atoms with Crippen LogP contribution < -0.4 is 5.32 Å². The number of ether oxygens (including phenoxy) is 1. The molecular formula is C14H28N2O2. The van der Waals surface area contributed by atoms with Crippen LogP contribution in [-0.2, 0) is 9.53 Å². The van der Waals surface area contributed by atoms with Crippen molar-refractivity contribution in [2.24, 2.45) is 0 Å². The molecule has 4 nitrogen and oxygen atoms in total. The molecule has 106 valence electrons. The zero-order valence-corrected chi connectivity index (χ0v) is 11.9. The number of carbonyl (C=O) groups excluding carboxylic acids is 1. The maximum Gasteiger partial charge on any atom is 0.236 e. The van der Waals surface area contributed by atoms with E-state index in [0.717, 1.165) is 38.8 Å². The van der Waals surface area contributed by atoms with E-state index >= 15 is 0 Å². The van der Waals surface area contributed by atoms with E-state index in [4.69, 9.17) is 4.74 Å². The number of amides is 1. The standard InChI is InChI=1S/C14H28N2O2/c1-3-8-13(12-18-2)15-11-14(17)16-9-6-4-5-7-10-16/h13,15H,3-12H2,1-2H3. The topological polar surface area (TPSA) is 41.6 Å². The molecule has 0 radical (unpaired) electrons. The lowest BCUT2D eigenvalue weighted by Crippen LogP contribution is -2.43. The minimum Gasteiger partial charge on any atom is -0.383 e. The molecule has 0 bridgehead atoms. The van der Waals surface area contributed by atoms with Crippen molar-refractivity contribution in [1.29, 1.82) is 0 Å². The number of methoxy groups -OCH3 is 1. The monoisotopic (exact) mass is 256 g/mol. The van der Waals surface area contributed by atoms with Crippen molar-refractivity contribution in [1.82, 2.24) is 10.2 Å². The molecule has 0 aromatic rings. The Kier molecular flexibility index (Phi) is 8.01. The molecule has 1 N–H and O–H groups in total. The summed E-state index contributed by atoms with van der Waals surface area (Å²) in [4.78, 5) is 14.1. The summed E-state index contributed by atoms with van der Waals surface area (Å²) >= 11 is 0. The summed E-state index contributed by atoms with van der Waals surface area (Å²) in [6, 6.07) is 0.302. The van der Waals surface area contributed by atoms with Gasteiger partial charge >= 0.3 is 0 Å². The number of nitrogens with one attached hydrogen (secondary N) is 1. The molecule has 1 unspecified atom stereocenters. The molecule has 1 saturated heterocycles. The first-order valence-corrected chi connectivity index (χ1v) is 7.28. The van der Waals surface area contributed by atoms with Gasteiger partial charge in [0, 0.05) is 26.2 Å². The van der Waals surface area contributed by atoms with Gasteiger partial charge in [-0.2, -0.15) is 0 Å². The van der Waals surface area contributed by atoms with Crippen LogP contribution in [0.25, 0.3) is 0 Å². The van der Waals surface area contributed by atoms with E-state index in [1.807, 2.05) is 4.90 Å². The van der Waals surface area contributed by atoms with Gasteiger partial charge < -0.3 is 15.0 Å². The molecule has 0 saturated carbocycles. The average molecular weight is 256 g/mol. The van der Waals surface area contributed by atoms with E-state index in [1.54, 1.807) is 7.11 Å². The van der Waals surface area contributed by atoms with Gasteiger partial charge in [-0.3, -0.25) is 4.79 Å². The van der Waals surface area contributed by atoms with Gasteiger partial charge in [-0.25, -0.2) is 0 Å². The Morgan fingerprint density at radius 1 is 1.28 bits per heavy atom. The summed E-state index contributed by atoms with van der Waals surface area (Å²) in [5.74, 6) is 0.245. The van der Waals surface area contributed by atoms with Gasteiger partial charge in [-0.05, 0) is 19.3 Å². The molecular weight excluding hydrogens is 228 g/mol. The highest BCUT2D eigenvalue weighted by molar-refractivity contribution is 5.78. The minimum atomic E-state index is 0.245. The van der Waals surface area contributed by atoms with Gasteiger partial charge in [-0.1, -0.05) is 26.2 Å². The molecule has 0 aliphatic carbocycles. The van der Waals surface area contributed by atoms with Gasteiger partial charge in [0.1, 0.15) is 0 Å². The van der Waals surface area contributed by atoms with Gasteiger partial charge in [0.15, 0.2) is 0 Å². The average Bonchev–Trinajstić information content (AvgIpc) is 2.65. The Morgan fingerprint density at radius 3 is 2.50 bits per heavy atom. The van der Waals surface area contributed by atoms with Gasteiger partial charge in [-0.15, -0.1) is 0 Å². The fourth-order valence-electron chi connectivity index (χ4n) is 2.46. The summed E-state index contributed by atoms with van der Waals surface area (Å²) in [5, 5.41) is 3.32. The van der Waals surface area contributed by atoms with Crippen molar-refractivity contribution < 1.29 is 9.53 Å². The van der Waals surface area contributed by atoms with Crippen LogP contribution >= 0.6 is 0 Å². The first kappa shape index (κ1) is 15.4. The molecule has 1 atom stereocenters. The lowest BCUT2D eigenvalue weighted by molar-refractivity contribution is -0.130. The number of likely N-dealkylation sites (tertiary alicyclic amines) is 1. The van der Waals surface area contributed by atoms with Crippen LogP contribution in [0.15, 0.2) is 0 Å². The normalized spacial score (nSPS) is 18.4. The third-order valence-corrected chi connectivity index (χ3v) is 3.51. The quantitative estimate of drug-likeness (QED) is 0.755. The first-order valence-electron chi connectivity index (χ1n) is 7.28. The van der Waals surface area contributed by atoms with E-state index < -0.39 is 0 Å². The number of rotatable bonds is 7. The Hall–Kier alpha value is -0.610. The second-order valence-corrected chi connectivity index (χ2v) is 5.12. The van der Waals surface area contributed by atoms with Crippen LogP contribution in [0.1, 0.15) is 45.4 Å². The maximum absolute atomic E-state index is 12.1. The molecule has 1 amide bonds. The van der Waals surface area contributed by atoms with Crippen molar-refractivity contribution in [2.45, 2.75) is 51.5 Å². The highest BCUT2D eigenvalue weighted by atomic mass is 16.5. The molecule has 0 aromatic carbocycles. The third kappa shape index (κ3) is 5.83. The third-order valence-electron chi connectivity index (χ3n) is 3.51. The smallest absolute Gasteiger partial charge is 0.236 e. The predicted octanol–water partition coefficient (Wildman–Crippen LogP) is 1.79. The number of hydrogen-bond donors (Lipinski definition) is 1. The lowest BCUT2D eigenvalue weighted by Gasteiger charge is -2.23. The summed E-state index contributed by atoms with van der Waals surface area (Å²) in [7, 11) is 1.71. The van der Waals surface area contributed by atoms with E-state index in [2.05, 4.69) is 12.2 Å². The molecule has 1 rings (SSSR count). The number of hydrogen-bond acceptors (Lipinski definition) is 3. The molecule has 1 heterocycles. The molecule has 1 fully saturated rings. The summed E-state index contributed by atoms with van der Waals surface area (Å²) in [6.07, 6.45) is 7.00. The summed E-state index contributed by atoms with van der Waals surface area (Å²) in [6.45, 7) is 5.16. The van der Waals surface area contributed by atoms with Gasteiger partial charge in [0.25, 0.3) is 0 Å². The van der Waals surface area contributed by atoms with Crippen LogP contribution in [0.3, 0.4) is 0 Å². The van der Waals surface area contributed by atoms with Crippen molar-refractivity contribution in [3.05, 3.63) is 0 Å². The summed E-state index contributed by atoms with van der Waals surface area (Å²) < 4.78 is 5.17. The highest BCUT2D eigenvalue weighted by Gasteiger charge is 2.16. The van der Waals surface area contributed by atoms with Crippen LogP contribution in [0.2, 0.25) is 0 Å². The maximum atomic E-state index is 12.1. The van der Waals surface area contributed by atoms with E-state index in [9.17, 15) is 4.79 Å². The number of carbonyl (C=O) groups is 1. The molecule has 18 heavy (non-hydrogen) atoms. The molecule has 1 aliphatic rings. The molecule has 0 aromatic heterocycles. The van der Waals surface area contributed by atoms with Crippen molar-refractivity contribution in [3.8, 4) is 0 Å².